The molecule has 0 atom stereocenters. The minimum atomic E-state index is -2.91. The highest BCUT2D eigenvalue weighted by molar-refractivity contribution is 5.89. The van der Waals surface area contributed by atoms with E-state index in [9.17, 15) is 13.6 Å². The summed E-state index contributed by atoms with van der Waals surface area (Å²) in [6.45, 7) is 2.12. The van der Waals surface area contributed by atoms with Crippen molar-refractivity contribution < 1.29 is 18.3 Å². The van der Waals surface area contributed by atoms with Crippen molar-refractivity contribution in [3.05, 3.63) is 36.4 Å². The van der Waals surface area contributed by atoms with Crippen molar-refractivity contribution in [2.45, 2.75) is 13.5 Å². The molecule has 2 heterocycles. The second-order valence-electron chi connectivity index (χ2n) is 6.12. The van der Waals surface area contributed by atoms with Crippen molar-refractivity contribution in [3.8, 4) is 5.75 Å². The number of anilines is 3. The average Bonchev–Trinajstić information content (AvgIpc) is 2.69. The summed E-state index contributed by atoms with van der Waals surface area (Å²) in [6, 6.07) is 9.41. The molecule has 1 saturated heterocycles. The highest BCUT2D eigenvalue weighted by atomic mass is 19.3. The third-order valence-electron chi connectivity index (χ3n) is 4.21. The van der Waals surface area contributed by atoms with Gasteiger partial charge in [0.15, 0.2) is 5.82 Å². The molecule has 0 bridgehead atoms. The molecular formula is C18H22F2N6O2. The zero-order valence-corrected chi connectivity index (χ0v) is 15.4. The number of alkyl halides is 2. The van der Waals surface area contributed by atoms with Gasteiger partial charge in [-0.15, -0.1) is 10.2 Å². The van der Waals surface area contributed by atoms with E-state index < -0.39 is 6.61 Å². The Hall–Kier alpha value is -3.17. The summed E-state index contributed by atoms with van der Waals surface area (Å²) in [4.78, 5) is 16.2. The number of nitrogens with one attached hydrogen (secondary N) is 2. The molecule has 2 N–H and O–H groups in total. The zero-order chi connectivity index (χ0) is 19.9. The number of rotatable bonds is 6. The van der Waals surface area contributed by atoms with Gasteiger partial charge in [-0.3, -0.25) is 0 Å². The maximum Gasteiger partial charge on any atom is 0.387 e. The number of ether oxygens (including phenoxy) is 1. The number of carbonyl (C=O) groups is 1. The van der Waals surface area contributed by atoms with Gasteiger partial charge in [-0.2, -0.15) is 8.78 Å². The lowest BCUT2D eigenvalue weighted by Gasteiger charge is -2.35. The fourth-order valence-corrected chi connectivity index (χ4v) is 2.86. The smallest absolute Gasteiger partial charge is 0.387 e. The molecular weight excluding hydrogens is 370 g/mol. The Morgan fingerprint density at radius 3 is 2.61 bits per heavy atom. The lowest BCUT2D eigenvalue weighted by atomic mass is 10.3. The molecule has 1 aliphatic rings. The first-order valence-electron chi connectivity index (χ1n) is 8.98. The third-order valence-corrected chi connectivity index (χ3v) is 4.21. The Balaban J connectivity index is 1.52. The quantitative estimate of drug-likeness (QED) is 0.787. The topological polar surface area (TPSA) is 82.6 Å². The van der Waals surface area contributed by atoms with Gasteiger partial charge in [-0.05, 0) is 31.2 Å². The van der Waals surface area contributed by atoms with Crippen LogP contribution in [0.25, 0.3) is 0 Å². The van der Waals surface area contributed by atoms with Crippen LogP contribution < -0.4 is 20.3 Å². The van der Waals surface area contributed by atoms with E-state index in [0.717, 1.165) is 18.2 Å². The summed E-state index contributed by atoms with van der Waals surface area (Å²) in [7, 11) is 0. The van der Waals surface area contributed by atoms with Crippen molar-refractivity contribution in [1.29, 1.82) is 0 Å². The molecule has 1 fully saturated rings. The van der Waals surface area contributed by atoms with E-state index in [1.54, 1.807) is 17.0 Å². The molecule has 2 amide bonds. The minimum absolute atomic E-state index is 0.00259. The van der Waals surface area contributed by atoms with E-state index in [1.165, 1.54) is 12.1 Å². The Morgan fingerprint density at radius 1 is 1.18 bits per heavy atom. The molecule has 8 nitrogen and oxygen atoms in total. The van der Waals surface area contributed by atoms with E-state index in [0.29, 0.717) is 31.9 Å². The maximum atomic E-state index is 12.4. The molecule has 2 aromatic rings. The summed E-state index contributed by atoms with van der Waals surface area (Å²) in [5.74, 6) is 1.48. The molecule has 1 aromatic heterocycles. The van der Waals surface area contributed by atoms with Crippen LogP contribution in [0.3, 0.4) is 0 Å². The van der Waals surface area contributed by atoms with Crippen LogP contribution in [0.1, 0.15) is 6.92 Å². The van der Waals surface area contributed by atoms with Crippen LogP contribution in [0, 0.1) is 0 Å². The molecule has 1 aliphatic heterocycles. The van der Waals surface area contributed by atoms with Crippen LogP contribution in [0.15, 0.2) is 36.4 Å². The van der Waals surface area contributed by atoms with E-state index in [2.05, 4.69) is 30.5 Å². The van der Waals surface area contributed by atoms with E-state index in [4.69, 9.17) is 0 Å². The first-order valence-corrected chi connectivity index (χ1v) is 8.98. The minimum Gasteiger partial charge on any atom is -0.435 e. The van der Waals surface area contributed by atoms with Crippen molar-refractivity contribution >= 4 is 23.4 Å². The van der Waals surface area contributed by atoms with E-state index in [-0.39, 0.29) is 11.8 Å². The van der Waals surface area contributed by atoms with Gasteiger partial charge in [0, 0.05) is 44.5 Å². The zero-order valence-electron chi connectivity index (χ0n) is 15.4. The SMILES string of the molecule is CCNc1ccc(N2CCN(C(=O)Nc3cccc(OC(F)F)c3)CC2)nn1. The van der Waals surface area contributed by atoms with Gasteiger partial charge < -0.3 is 25.2 Å². The normalized spacial score (nSPS) is 14.1. The van der Waals surface area contributed by atoms with Crippen LogP contribution in [0.4, 0.5) is 30.9 Å². The van der Waals surface area contributed by atoms with E-state index >= 15 is 0 Å². The molecule has 0 radical (unpaired) electrons. The Bertz CT molecular complexity index is 782. The van der Waals surface area contributed by atoms with Crippen molar-refractivity contribution in [3.63, 3.8) is 0 Å². The standard InChI is InChI=1S/C18H22F2N6O2/c1-2-21-15-6-7-16(24-23-15)25-8-10-26(11-9-25)18(27)22-13-4-3-5-14(12-13)28-17(19)20/h3-7,12,17H,2,8-11H2,1H3,(H,21,23)(H,22,27). The Morgan fingerprint density at radius 2 is 1.96 bits per heavy atom. The average molecular weight is 392 g/mol. The number of halogens is 2. The van der Waals surface area contributed by atoms with Gasteiger partial charge in [0.1, 0.15) is 11.6 Å². The number of aromatic nitrogens is 2. The van der Waals surface area contributed by atoms with Crippen LogP contribution in [-0.4, -0.2) is 60.5 Å². The molecule has 0 saturated carbocycles. The monoisotopic (exact) mass is 392 g/mol. The summed E-state index contributed by atoms with van der Waals surface area (Å²) >= 11 is 0. The highest BCUT2D eigenvalue weighted by Crippen LogP contribution is 2.20. The summed E-state index contributed by atoms with van der Waals surface area (Å²) in [6.07, 6.45) is 0. The second kappa shape index (κ2) is 9.16. The Labute approximate surface area is 161 Å². The predicted octanol–water partition coefficient (Wildman–Crippen LogP) is 2.86. The summed E-state index contributed by atoms with van der Waals surface area (Å²) in [5, 5.41) is 14.1. The third kappa shape index (κ3) is 5.18. The number of hydrogen-bond acceptors (Lipinski definition) is 6. The maximum absolute atomic E-state index is 12.4. The van der Waals surface area contributed by atoms with Crippen molar-refractivity contribution in [2.24, 2.45) is 0 Å². The number of hydrogen-bond donors (Lipinski definition) is 2. The molecule has 0 unspecified atom stereocenters. The molecule has 0 spiro atoms. The van der Waals surface area contributed by atoms with Crippen molar-refractivity contribution in [2.75, 3.05) is 48.3 Å². The fraction of sp³-hybridized carbons (Fsp3) is 0.389. The molecule has 28 heavy (non-hydrogen) atoms. The fourth-order valence-electron chi connectivity index (χ4n) is 2.86. The largest absolute Gasteiger partial charge is 0.435 e. The number of nitrogens with zero attached hydrogens (tertiary/aromatic N) is 4. The molecule has 1 aromatic carbocycles. The van der Waals surface area contributed by atoms with Crippen LogP contribution in [0.2, 0.25) is 0 Å². The van der Waals surface area contributed by atoms with Crippen LogP contribution in [-0.2, 0) is 0 Å². The number of urea groups is 1. The number of piperazine rings is 1. The van der Waals surface area contributed by atoms with Gasteiger partial charge in [-0.25, -0.2) is 4.79 Å². The van der Waals surface area contributed by atoms with Gasteiger partial charge >= 0.3 is 12.6 Å². The summed E-state index contributed by atoms with van der Waals surface area (Å²) in [5.41, 5.74) is 0.399. The lowest BCUT2D eigenvalue weighted by molar-refractivity contribution is -0.0497. The van der Waals surface area contributed by atoms with Gasteiger partial charge in [0.2, 0.25) is 0 Å². The van der Waals surface area contributed by atoms with Gasteiger partial charge in [0.05, 0.1) is 0 Å². The first-order chi connectivity index (χ1) is 13.5. The van der Waals surface area contributed by atoms with Gasteiger partial charge in [-0.1, -0.05) is 6.07 Å². The number of amides is 2. The van der Waals surface area contributed by atoms with E-state index in [1.807, 2.05) is 19.1 Å². The number of benzene rings is 1. The molecule has 150 valence electrons. The highest BCUT2D eigenvalue weighted by Gasteiger charge is 2.22. The van der Waals surface area contributed by atoms with Crippen molar-refractivity contribution in [1.82, 2.24) is 15.1 Å². The van der Waals surface area contributed by atoms with Crippen LogP contribution >= 0.6 is 0 Å². The molecule has 10 heteroatoms. The summed E-state index contributed by atoms with van der Waals surface area (Å²) < 4.78 is 29.0. The second-order valence-corrected chi connectivity index (χ2v) is 6.12. The van der Waals surface area contributed by atoms with Crippen LogP contribution in [0.5, 0.6) is 5.75 Å². The Kier molecular flexibility index (Phi) is 6.41. The number of carbonyl (C=O) groups excluding carboxylic acids is 1. The molecule has 0 aliphatic carbocycles. The van der Waals surface area contributed by atoms with Gasteiger partial charge in [0.25, 0.3) is 0 Å². The predicted molar refractivity (Wildman–Crippen MR) is 102 cm³/mol. The first kappa shape index (κ1) is 19.6. The molecule has 3 rings (SSSR count). The lowest BCUT2D eigenvalue weighted by Crippen LogP contribution is -2.50.